The fraction of sp³-hybridized carbons (Fsp3) is 0.429. The Kier molecular flexibility index (Phi) is 8.38. The van der Waals surface area contributed by atoms with E-state index in [2.05, 4.69) is 34.1 Å². The number of carbonyl (C=O) groups excluding carboxylic acids is 2. The number of amides is 3. The van der Waals surface area contributed by atoms with Gasteiger partial charge in [0.05, 0.1) is 16.8 Å². The minimum absolute atomic E-state index is 0.0266. The Hall–Kier alpha value is -3.55. The summed E-state index contributed by atoms with van der Waals surface area (Å²) in [6, 6.07) is 21.9. The van der Waals surface area contributed by atoms with Crippen LogP contribution in [0.5, 0.6) is 5.75 Å². The molecule has 0 saturated carbocycles. The number of ether oxygens (including phenoxy) is 1. The smallest absolute Gasteiger partial charge is 0.332 e. The Morgan fingerprint density at radius 3 is 2.26 bits per heavy atom. The number of likely N-dealkylation sites (N-methyl/N-ethyl adjacent to an activating group) is 1. The first kappa shape index (κ1) is 29.5. The van der Waals surface area contributed by atoms with Crippen molar-refractivity contribution in [1.29, 1.82) is 0 Å². The molecule has 226 valence electrons. The number of para-hydroxylation sites is 1. The van der Waals surface area contributed by atoms with Crippen molar-refractivity contribution < 1.29 is 14.3 Å². The van der Waals surface area contributed by atoms with Crippen LogP contribution in [-0.4, -0.2) is 66.1 Å². The molecular weight excluding hydrogens is 560 g/mol. The maximum absolute atomic E-state index is 14.1. The van der Waals surface area contributed by atoms with E-state index in [0.717, 1.165) is 49.6 Å². The lowest BCUT2D eigenvalue weighted by Gasteiger charge is -2.41. The summed E-state index contributed by atoms with van der Waals surface area (Å²) < 4.78 is 6.01. The number of rotatable bonds is 8. The largest absolute Gasteiger partial charge is 0.490 e. The normalized spacial score (nSPS) is 18.9. The molecule has 0 N–H and O–H groups in total. The number of benzene rings is 3. The van der Waals surface area contributed by atoms with Crippen LogP contribution >= 0.6 is 11.6 Å². The maximum Gasteiger partial charge on any atom is 0.332 e. The van der Waals surface area contributed by atoms with Gasteiger partial charge in [0.1, 0.15) is 11.3 Å². The van der Waals surface area contributed by atoms with Crippen LogP contribution in [-0.2, 0) is 11.3 Å². The van der Waals surface area contributed by atoms with E-state index in [-0.39, 0.29) is 18.0 Å². The fourth-order valence-corrected chi connectivity index (χ4v) is 7.16. The van der Waals surface area contributed by atoms with Gasteiger partial charge in [-0.2, -0.15) is 0 Å². The van der Waals surface area contributed by atoms with E-state index < -0.39 is 5.54 Å². The molecule has 6 rings (SSSR count). The molecule has 43 heavy (non-hydrogen) atoms. The molecule has 3 heterocycles. The summed E-state index contributed by atoms with van der Waals surface area (Å²) in [5.74, 6) is 0.590. The van der Waals surface area contributed by atoms with E-state index in [0.29, 0.717) is 30.1 Å². The van der Waals surface area contributed by atoms with E-state index in [1.165, 1.54) is 29.0 Å². The predicted molar refractivity (Wildman–Crippen MR) is 173 cm³/mol. The summed E-state index contributed by atoms with van der Waals surface area (Å²) >= 11 is 6.82. The molecule has 0 aliphatic carbocycles. The lowest BCUT2D eigenvalue weighted by atomic mass is 9.85. The summed E-state index contributed by atoms with van der Waals surface area (Å²) in [6.45, 7) is 11.0. The summed E-state index contributed by atoms with van der Waals surface area (Å²) in [5, 5.41) is 0.362. The van der Waals surface area contributed by atoms with Crippen LogP contribution in [0.4, 0.5) is 16.2 Å². The van der Waals surface area contributed by atoms with Crippen molar-refractivity contribution in [3.8, 4) is 16.9 Å². The van der Waals surface area contributed by atoms with Gasteiger partial charge in [-0.15, -0.1) is 0 Å². The van der Waals surface area contributed by atoms with Crippen molar-refractivity contribution >= 4 is 34.9 Å². The van der Waals surface area contributed by atoms with Crippen molar-refractivity contribution in [3.63, 3.8) is 0 Å². The van der Waals surface area contributed by atoms with Gasteiger partial charge >= 0.3 is 6.03 Å². The summed E-state index contributed by atoms with van der Waals surface area (Å²) in [5.41, 5.74) is 3.93. The highest BCUT2D eigenvalue weighted by Crippen LogP contribution is 2.43. The molecular formula is C35H41ClN4O3. The lowest BCUT2D eigenvalue weighted by molar-refractivity contribution is -0.127. The molecule has 8 heteroatoms. The molecule has 0 unspecified atom stereocenters. The topological polar surface area (TPSA) is 56.3 Å². The van der Waals surface area contributed by atoms with Crippen LogP contribution in [0.25, 0.3) is 11.1 Å². The van der Waals surface area contributed by atoms with Crippen molar-refractivity contribution in [2.24, 2.45) is 0 Å². The van der Waals surface area contributed by atoms with E-state index in [4.69, 9.17) is 16.3 Å². The Morgan fingerprint density at radius 1 is 0.907 bits per heavy atom. The quantitative estimate of drug-likeness (QED) is 0.256. The van der Waals surface area contributed by atoms with Crippen molar-refractivity contribution in [2.75, 3.05) is 42.5 Å². The van der Waals surface area contributed by atoms with Crippen molar-refractivity contribution in [3.05, 3.63) is 77.3 Å². The highest BCUT2D eigenvalue weighted by molar-refractivity contribution is 6.36. The second kappa shape index (κ2) is 12.2. The molecule has 3 fully saturated rings. The third kappa shape index (κ3) is 5.61. The van der Waals surface area contributed by atoms with Crippen LogP contribution in [0.3, 0.4) is 0 Å². The Balaban J connectivity index is 1.17. The zero-order valence-electron chi connectivity index (χ0n) is 25.4. The zero-order valence-corrected chi connectivity index (χ0v) is 26.1. The molecule has 3 aromatic carbocycles. The molecule has 0 atom stereocenters. The van der Waals surface area contributed by atoms with E-state index in [1.807, 2.05) is 57.2 Å². The van der Waals surface area contributed by atoms with Gasteiger partial charge in [0.25, 0.3) is 5.91 Å². The van der Waals surface area contributed by atoms with Gasteiger partial charge in [0.15, 0.2) is 0 Å². The molecule has 0 aromatic heterocycles. The standard InChI is InChI=1S/C35H41ClN4O3/c1-4-39-34(42)40(31-16-13-27(23-30(31)36)29-9-5-6-10-32(29)43-25(2)3)33(41)35(39)17-21-37(22-18-35)24-26-11-14-28(15-12-26)38-19-7-8-20-38/h5-6,9-16,23,25H,4,7-8,17-22,24H2,1-3H3. The molecule has 3 amide bonds. The highest BCUT2D eigenvalue weighted by Gasteiger charge is 2.58. The number of carbonyl (C=O) groups is 2. The first-order chi connectivity index (χ1) is 20.8. The maximum atomic E-state index is 14.1. The number of anilines is 2. The van der Waals surface area contributed by atoms with Gasteiger partial charge in [-0.25, -0.2) is 9.69 Å². The predicted octanol–water partition coefficient (Wildman–Crippen LogP) is 7.22. The van der Waals surface area contributed by atoms with Crippen molar-refractivity contribution in [2.45, 2.75) is 64.6 Å². The number of urea groups is 1. The van der Waals surface area contributed by atoms with E-state index in [9.17, 15) is 9.59 Å². The molecule has 1 spiro atoms. The van der Waals surface area contributed by atoms with Crippen molar-refractivity contribution in [1.82, 2.24) is 9.80 Å². The average molecular weight is 601 g/mol. The number of hydrogen-bond acceptors (Lipinski definition) is 5. The first-order valence-electron chi connectivity index (χ1n) is 15.6. The summed E-state index contributed by atoms with van der Waals surface area (Å²) in [4.78, 5) is 35.8. The van der Waals surface area contributed by atoms with Gasteiger partial charge in [-0.05, 0) is 87.9 Å². The van der Waals surface area contributed by atoms with Gasteiger partial charge < -0.3 is 14.5 Å². The third-order valence-corrected chi connectivity index (χ3v) is 9.41. The second-order valence-corrected chi connectivity index (χ2v) is 12.6. The van der Waals surface area contributed by atoms with Crippen LogP contribution in [0.1, 0.15) is 52.0 Å². The SMILES string of the molecule is CCN1C(=O)N(c2ccc(-c3ccccc3OC(C)C)cc2Cl)C(=O)C12CCN(Cc1ccc(N3CCCC3)cc1)CC2. The number of imide groups is 1. The molecule has 0 radical (unpaired) electrons. The van der Waals surface area contributed by atoms with E-state index in [1.54, 1.807) is 11.0 Å². The summed E-state index contributed by atoms with van der Waals surface area (Å²) in [6.07, 6.45) is 3.76. The minimum Gasteiger partial charge on any atom is -0.490 e. The number of halogens is 1. The Morgan fingerprint density at radius 2 is 1.60 bits per heavy atom. The van der Waals surface area contributed by atoms with Crippen LogP contribution in [0, 0.1) is 0 Å². The number of likely N-dealkylation sites (tertiary alicyclic amines) is 1. The Labute approximate surface area is 260 Å². The monoisotopic (exact) mass is 600 g/mol. The van der Waals surface area contributed by atoms with Gasteiger partial charge in [0.2, 0.25) is 0 Å². The molecule has 0 bridgehead atoms. The first-order valence-corrected chi connectivity index (χ1v) is 16.0. The average Bonchev–Trinajstić information content (AvgIpc) is 3.61. The third-order valence-electron chi connectivity index (χ3n) is 9.10. The van der Waals surface area contributed by atoms with E-state index >= 15 is 0 Å². The second-order valence-electron chi connectivity index (χ2n) is 12.2. The number of piperidine rings is 1. The fourth-order valence-electron chi connectivity index (χ4n) is 6.89. The molecule has 3 aliphatic heterocycles. The van der Waals surface area contributed by atoms with Gasteiger partial charge in [-0.3, -0.25) is 9.69 Å². The molecule has 3 aromatic rings. The van der Waals surface area contributed by atoms with Gasteiger partial charge in [0, 0.05) is 50.5 Å². The molecule has 3 aliphatic rings. The number of hydrogen-bond donors (Lipinski definition) is 0. The summed E-state index contributed by atoms with van der Waals surface area (Å²) in [7, 11) is 0. The van der Waals surface area contributed by atoms with Crippen LogP contribution in [0.15, 0.2) is 66.7 Å². The van der Waals surface area contributed by atoms with Crippen LogP contribution in [0.2, 0.25) is 5.02 Å². The zero-order chi connectivity index (χ0) is 30.1. The van der Waals surface area contributed by atoms with Crippen LogP contribution < -0.4 is 14.5 Å². The highest BCUT2D eigenvalue weighted by atomic mass is 35.5. The number of nitrogens with zero attached hydrogens (tertiary/aromatic N) is 4. The van der Waals surface area contributed by atoms with Gasteiger partial charge in [-0.1, -0.05) is 48.0 Å². The Bertz CT molecular complexity index is 1480. The molecule has 3 saturated heterocycles. The lowest BCUT2D eigenvalue weighted by Crippen LogP contribution is -2.56. The minimum atomic E-state index is -0.846. The molecule has 7 nitrogen and oxygen atoms in total.